The topological polar surface area (TPSA) is 111 Å². The fourth-order valence-corrected chi connectivity index (χ4v) is 2.06. The van der Waals surface area contributed by atoms with Gasteiger partial charge in [0.05, 0.1) is 6.42 Å². The molecule has 0 aliphatic carbocycles. The number of benzene rings is 1. The maximum atomic E-state index is 12.2. The molecule has 10 heteroatoms. The first-order valence-corrected chi connectivity index (χ1v) is 7.74. The summed E-state index contributed by atoms with van der Waals surface area (Å²) < 4.78 is 29.3. The van der Waals surface area contributed by atoms with E-state index in [1.165, 1.54) is 31.2 Å². The van der Waals surface area contributed by atoms with Gasteiger partial charge >= 0.3 is 12.0 Å². The average molecular weight is 361 g/mol. The Kier molecular flexibility index (Phi) is 7.96. The minimum atomic E-state index is -2.52. The molecule has 0 spiro atoms. The van der Waals surface area contributed by atoms with Gasteiger partial charge < -0.3 is 21.1 Å². The van der Waals surface area contributed by atoms with Crippen molar-refractivity contribution in [3.63, 3.8) is 0 Å². The molecule has 1 aromatic rings. The minimum Gasteiger partial charge on any atom is -0.452 e. The van der Waals surface area contributed by atoms with Gasteiger partial charge in [-0.25, -0.2) is 4.79 Å². The van der Waals surface area contributed by atoms with Gasteiger partial charge in [-0.2, -0.15) is 8.78 Å². The molecule has 1 atom stereocenters. The summed E-state index contributed by atoms with van der Waals surface area (Å²) in [6.45, 7) is 1.39. The van der Waals surface area contributed by atoms with E-state index in [1.807, 2.05) is 0 Å². The average Bonchev–Trinajstić information content (AvgIpc) is 2.48. The Balaban J connectivity index is 2.43. The Morgan fingerprint density at radius 2 is 1.88 bits per heavy atom. The third-order valence-electron chi connectivity index (χ3n) is 2.65. The summed E-state index contributed by atoms with van der Waals surface area (Å²) >= 11 is 0.396. The quantitative estimate of drug-likeness (QED) is 0.484. The van der Waals surface area contributed by atoms with Crippen LogP contribution in [0.5, 0.6) is 0 Å². The highest BCUT2D eigenvalue weighted by atomic mass is 32.2. The monoisotopic (exact) mass is 361 g/mol. The zero-order chi connectivity index (χ0) is 18.1. The molecule has 24 heavy (non-hydrogen) atoms. The van der Waals surface area contributed by atoms with E-state index in [2.05, 4.69) is 10.6 Å². The molecule has 0 unspecified atom stereocenters. The largest absolute Gasteiger partial charge is 0.452 e. The van der Waals surface area contributed by atoms with Crippen molar-refractivity contribution in [2.24, 2.45) is 5.73 Å². The number of nitrogens with two attached hydrogens (primary N) is 1. The Hall–Kier alpha value is -2.36. The number of alkyl halides is 2. The van der Waals surface area contributed by atoms with Gasteiger partial charge in [-0.3, -0.25) is 9.59 Å². The molecule has 7 nitrogen and oxygen atoms in total. The van der Waals surface area contributed by atoms with Crippen molar-refractivity contribution in [1.82, 2.24) is 5.32 Å². The third-order valence-corrected chi connectivity index (χ3v) is 3.38. The van der Waals surface area contributed by atoms with Gasteiger partial charge in [0.2, 0.25) is 0 Å². The number of hydrogen-bond donors (Lipinski definition) is 3. The Bertz CT molecular complexity index is 584. The fourth-order valence-electron chi connectivity index (χ4n) is 1.56. The molecule has 132 valence electrons. The third kappa shape index (κ3) is 7.77. The Morgan fingerprint density at radius 1 is 1.25 bits per heavy atom. The van der Waals surface area contributed by atoms with E-state index in [0.717, 1.165) is 0 Å². The van der Waals surface area contributed by atoms with Crippen LogP contribution in [-0.4, -0.2) is 36.3 Å². The van der Waals surface area contributed by atoms with Crippen LogP contribution in [0.25, 0.3) is 0 Å². The predicted octanol–water partition coefficient (Wildman–Crippen LogP) is 1.93. The van der Waals surface area contributed by atoms with Gasteiger partial charge in [0.15, 0.2) is 6.10 Å². The number of primary amides is 1. The number of thioether (sulfide) groups is 1. The maximum absolute atomic E-state index is 12.2. The summed E-state index contributed by atoms with van der Waals surface area (Å²) in [5, 5.41) is 4.72. The number of esters is 1. The van der Waals surface area contributed by atoms with Crippen LogP contribution < -0.4 is 16.4 Å². The molecule has 0 aliphatic rings. The molecule has 1 rings (SSSR count). The number of amides is 3. The first kappa shape index (κ1) is 19.7. The highest BCUT2D eigenvalue weighted by Crippen LogP contribution is 2.26. The molecule has 0 radical (unpaired) electrons. The smallest absolute Gasteiger partial charge is 0.312 e. The zero-order valence-corrected chi connectivity index (χ0v) is 13.6. The first-order valence-electron chi connectivity index (χ1n) is 6.86. The summed E-state index contributed by atoms with van der Waals surface area (Å²) in [4.78, 5) is 34.2. The number of carbonyl (C=O) groups excluding carboxylic acids is 3. The molecule has 0 heterocycles. The van der Waals surface area contributed by atoms with Crippen LogP contribution in [0.4, 0.5) is 19.3 Å². The highest BCUT2D eigenvalue weighted by molar-refractivity contribution is 7.99. The van der Waals surface area contributed by atoms with Crippen LogP contribution in [0.15, 0.2) is 29.2 Å². The number of anilines is 1. The summed E-state index contributed by atoms with van der Waals surface area (Å²) in [6.07, 6.45) is -1.18. The van der Waals surface area contributed by atoms with Gasteiger partial charge in [0.25, 0.3) is 11.7 Å². The lowest BCUT2D eigenvalue weighted by Gasteiger charge is -2.13. The highest BCUT2D eigenvalue weighted by Gasteiger charge is 2.18. The van der Waals surface area contributed by atoms with Gasteiger partial charge in [0, 0.05) is 17.1 Å². The molecule has 0 fully saturated rings. The van der Waals surface area contributed by atoms with Crippen molar-refractivity contribution in [2.45, 2.75) is 30.1 Å². The van der Waals surface area contributed by atoms with Crippen molar-refractivity contribution >= 4 is 35.4 Å². The lowest BCUT2D eigenvalue weighted by molar-refractivity contribution is -0.153. The van der Waals surface area contributed by atoms with E-state index in [1.54, 1.807) is 0 Å². The lowest BCUT2D eigenvalue weighted by atomic mass is 10.3. The van der Waals surface area contributed by atoms with Crippen LogP contribution in [0.1, 0.15) is 13.3 Å². The summed E-state index contributed by atoms with van der Waals surface area (Å²) in [6, 6.07) is 5.06. The molecule has 0 aromatic heterocycles. The standard InChI is InChI=1S/C14H17F2N3O4S/c1-8(23-11(20)6-7-18-14(17)22)12(21)19-9-2-4-10(5-3-9)24-13(15)16/h2-5,8,13H,6-7H2,1H3,(H,19,21)(H3,17,18,22)/t8-/m1/s1. The van der Waals surface area contributed by atoms with Crippen molar-refractivity contribution in [2.75, 3.05) is 11.9 Å². The van der Waals surface area contributed by atoms with Crippen molar-refractivity contribution in [3.8, 4) is 0 Å². The molecular weight excluding hydrogens is 344 g/mol. The van der Waals surface area contributed by atoms with E-state index in [-0.39, 0.29) is 13.0 Å². The van der Waals surface area contributed by atoms with Crippen molar-refractivity contribution in [1.29, 1.82) is 0 Å². The van der Waals surface area contributed by atoms with E-state index in [4.69, 9.17) is 10.5 Å². The second-order valence-corrected chi connectivity index (χ2v) is 5.63. The fraction of sp³-hybridized carbons (Fsp3) is 0.357. The van der Waals surface area contributed by atoms with Crippen LogP contribution >= 0.6 is 11.8 Å². The SMILES string of the molecule is C[C@@H](OC(=O)CCNC(N)=O)C(=O)Nc1ccc(SC(F)F)cc1. The number of rotatable bonds is 8. The molecule has 0 saturated carbocycles. The van der Waals surface area contributed by atoms with Gasteiger partial charge in [-0.1, -0.05) is 11.8 Å². The molecule has 1 aromatic carbocycles. The van der Waals surface area contributed by atoms with Gasteiger partial charge in [-0.15, -0.1) is 0 Å². The molecule has 4 N–H and O–H groups in total. The molecule has 0 bridgehead atoms. The van der Waals surface area contributed by atoms with Gasteiger partial charge in [-0.05, 0) is 31.2 Å². The lowest BCUT2D eigenvalue weighted by Crippen LogP contribution is -2.33. The van der Waals surface area contributed by atoms with Crippen LogP contribution in [-0.2, 0) is 14.3 Å². The summed E-state index contributed by atoms with van der Waals surface area (Å²) in [5.41, 5.74) is 5.23. The summed E-state index contributed by atoms with van der Waals surface area (Å²) in [5.74, 6) is -3.76. The van der Waals surface area contributed by atoms with E-state index in [9.17, 15) is 23.2 Å². The number of halogens is 2. The number of carbonyl (C=O) groups is 3. The van der Waals surface area contributed by atoms with E-state index in [0.29, 0.717) is 22.3 Å². The molecular formula is C14H17F2N3O4S. The zero-order valence-electron chi connectivity index (χ0n) is 12.8. The van der Waals surface area contributed by atoms with E-state index < -0.39 is 29.8 Å². The van der Waals surface area contributed by atoms with Crippen molar-refractivity contribution in [3.05, 3.63) is 24.3 Å². The molecule has 3 amide bonds. The van der Waals surface area contributed by atoms with Crippen LogP contribution in [0.3, 0.4) is 0 Å². The molecule has 0 saturated heterocycles. The number of hydrogen-bond acceptors (Lipinski definition) is 5. The van der Waals surface area contributed by atoms with Crippen molar-refractivity contribution < 1.29 is 27.9 Å². The molecule has 0 aliphatic heterocycles. The number of ether oxygens (including phenoxy) is 1. The normalized spacial score (nSPS) is 11.7. The first-order chi connectivity index (χ1) is 11.3. The summed E-state index contributed by atoms with van der Waals surface area (Å²) in [7, 11) is 0. The minimum absolute atomic E-state index is 0.00573. The Labute approximate surface area is 141 Å². The maximum Gasteiger partial charge on any atom is 0.312 e. The number of nitrogens with one attached hydrogen (secondary N) is 2. The second-order valence-electron chi connectivity index (χ2n) is 4.57. The Morgan fingerprint density at radius 3 is 2.42 bits per heavy atom. The second kappa shape index (κ2) is 9.71. The predicted molar refractivity (Wildman–Crippen MR) is 84.7 cm³/mol. The van der Waals surface area contributed by atoms with E-state index >= 15 is 0 Å². The number of urea groups is 1. The van der Waals surface area contributed by atoms with Crippen LogP contribution in [0.2, 0.25) is 0 Å². The van der Waals surface area contributed by atoms with Crippen LogP contribution in [0, 0.1) is 0 Å². The van der Waals surface area contributed by atoms with Gasteiger partial charge in [0.1, 0.15) is 0 Å².